The minimum absolute atomic E-state index is 0.0531. The number of carbonyl (C=O) groups is 1. The number of rotatable bonds is 7. The minimum Gasteiger partial charge on any atom is -0.396 e. The molecule has 116 valence electrons. The topological polar surface area (TPSA) is 92.5 Å². The Morgan fingerprint density at radius 2 is 2.14 bits per heavy atom. The van der Waals surface area contributed by atoms with Gasteiger partial charge in [0.1, 0.15) is 0 Å². The van der Waals surface area contributed by atoms with Crippen LogP contribution in [0.3, 0.4) is 0 Å². The highest BCUT2D eigenvalue weighted by Gasteiger charge is 2.17. The lowest BCUT2D eigenvalue weighted by Crippen LogP contribution is -2.26. The summed E-state index contributed by atoms with van der Waals surface area (Å²) in [5.74, 6) is -0.364. The molecule has 0 aromatic heterocycles. The van der Waals surface area contributed by atoms with E-state index in [9.17, 15) is 14.9 Å². The Balaban J connectivity index is 2.55. The summed E-state index contributed by atoms with van der Waals surface area (Å²) in [4.78, 5) is 22.0. The number of nitro groups is 1. The molecule has 7 heteroatoms. The van der Waals surface area contributed by atoms with Crippen LogP contribution in [0, 0.1) is 15.5 Å². The molecule has 0 spiro atoms. The monoisotopic (exact) mass is 314 g/mol. The van der Waals surface area contributed by atoms with Crippen molar-refractivity contribution >= 4 is 23.2 Å². The Kier molecular flexibility index (Phi) is 6.11. The van der Waals surface area contributed by atoms with E-state index in [0.29, 0.717) is 6.54 Å². The number of nitrogens with one attached hydrogen (secondary N) is 1. The van der Waals surface area contributed by atoms with Crippen LogP contribution in [-0.4, -0.2) is 29.1 Å². The number of aliphatic hydroxyl groups is 1. The highest BCUT2D eigenvalue weighted by molar-refractivity contribution is 6.34. The molecule has 0 saturated carbocycles. The van der Waals surface area contributed by atoms with E-state index in [0.717, 1.165) is 18.9 Å². The largest absolute Gasteiger partial charge is 0.396 e. The van der Waals surface area contributed by atoms with Crippen molar-refractivity contribution in [2.75, 3.05) is 13.2 Å². The molecule has 0 saturated heterocycles. The van der Waals surface area contributed by atoms with Crippen LogP contribution in [0.4, 0.5) is 5.69 Å². The molecule has 0 fully saturated rings. The predicted octanol–water partition coefficient (Wildman–Crippen LogP) is 2.78. The zero-order chi connectivity index (χ0) is 16.0. The van der Waals surface area contributed by atoms with Gasteiger partial charge in [0.05, 0.1) is 15.5 Å². The summed E-state index contributed by atoms with van der Waals surface area (Å²) >= 11 is 5.88. The van der Waals surface area contributed by atoms with Gasteiger partial charge in [0.2, 0.25) is 0 Å². The third-order valence-electron chi connectivity index (χ3n) is 3.15. The normalized spacial score (nSPS) is 11.2. The summed E-state index contributed by atoms with van der Waals surface area (Å²) in [6.45, 7) is 4.44. The van der Waals surface area contributed by atoms with Gasteiger partial charge >= 0.3 is 0 Å². The molecular formula is C14H19ClN2O4. The Morgan fingerprint density at radius 3 is 2.67 bits per heavy atom. The van der Waals surface area contributed by atoms with Gasteiger partial charge in [-0.2, -0.15) is 0 Å². The number of halogens is 1. The third kappa shape index (κ3) is 5.32. The Bertz CT molecular complexity index is 532. The molecule has 0 atom stereocenters. The average Bonchev–Trinajstić information content (AvgIpc) is 2.43. The first-order chi connectivity index (χ1) is 9.76. The zero-order valence-electron chi connectivity index (χ0n) is 12.1. The summed E-state index contributed by atoms with van der Waals surface area (Å²) in [6.07, 6.45) is 1.50. The van der Waals surface area contributed by atoms with Crippen LogP contribution in [0.25, 0.3) is 0 Å². The van der Waals surface area contributed by atoms with Crippen molar-refractivity contribution in [1.82, 2.24) is 5.32 Å². The number of aliphatic hydroxyl groups excluding tert-OH is 1. The fourth-order valence-corrected chi connectivity index (χ4v) is 2.01. The first kappa shape index (κ1) is 17.4. The van der Waals surface area contributed by atoms with Crippen molar-refractivity contribution < 1.29 is 14.8 Å². The number of benzene rings is 1. The summed E-state index contributed by atoms with van der Waals surface area (Å²) in [7, 11) is 0. The SMILES string of the molecule is CC(C)(CO)CCCNC(=O)c1ccc([N+](=O)[O-])cc1Cl. The standard InChI is InChI=1S/C14H19ClN2O4/c1-14(2,9-18)6-3-7-16-13(19)11-5-4-10(17(20)21)8-12(11)15/h4-5,8,18H,3,6-7,9H2,1-2H3,(H,16,19). The van der Waals surface area contributed by atoms with E-state index in [1.165, 1.54) is 12.1 Å². The molecule has 0 heterocycles. The number of non-ortho nitro benzene ring substituents is 1. The maximum absolute atomic E-state index is 11.9. The molecule has 0 aliphatic heterocycles. The average molecular weight is 315 g/mol. The van der Waals surface area contributed by atoms with Crippen molar-refractivity contribution in [2.45, 2.75) is 26.7 Å². The van der Waals surface area contributed by atoms with Crippen LogP contribution in [-0.2, 0) is 0 Å². The van der Waals surface area contributed by atoms with Gasteiger partial charge in [-0.05, 0) is 24.3 Å². The molecule has 0 aliphatic carbocycles. The number of carbonyl (C=O) groups excluding carboxylic acids is 1. The van der Waals surface area contributed by atoms with E-state index in [1.807, 2.05) is 13.8 Å². The molecule has 0 aliphatic rings. The smallest absolute Gasteiger partial charge is 0.270 e. The van der Waals surface area contributed by atoms with Gasteiger partial charge in [0.15, 0.2) is 0 Å². The number of hydrogen-bond acceptors (Lipinski definition) is 4. The molecule has 2 N–H and O–H groups in total. The molecule has 1 aromatic rings. The van der Waals surface area contributed by atoms with Crippen molar-refractivity contribution in [3.63, 3.8) is 0 Å². The molecule has 1 aromatic carbocycles. The van der Waals surface area contributed by atoms with Gasteiger partial charge < -0.3 is 10.4 Å². The molecule has 6 nitrogen and oxygen atoms in total. The summed E-state index contributed by atoms with van der Waals surface area (Å²) < 4.78 is 0. The number of hydrogen-bond donors (Lipinski definition) is 2. The van der Waals surface area contributed by atoms with Crippen molar-refractivity contribution in [1.29, 1.82) is 0 Å². The lowest BCUT2D eigenvalue weighted by Gasteiger charge is -2.21. The van der Waals surface area contributed by atoms with Gasteiger partial charge in [-0.3, -0.25) is 14.9 Å². The van der Waals surface area contributed by atoms with E-state index in [-0.39, 0.29) is 34.2 Å². The predicted molar refractivity (Wildman–Crippen MR) is 80.5 cm³/mol. The summed E-state index contributed by atoms with van der Waals surface area (Å²) in [5.41, 5.74) is -0.111. The van der Waals surface area contributed by atoms with Gasteiger partial charge in [-0.1, -0.05) is 25.4 Å². The van der Waals surface area contributed by atoms with Crippen LogP contribution < -0.4 is 5.32 Å². The van der Waals surface area contributed by atoms with Crippen LogP contribution in [0.15, 0.2) is 18.2 Å². The minimum atomic E-state index is -0.565. The van der Waals surface area contributed by atoms with Crippen LogP contribution in [0.5, 0.6) is 0 Å². The zero-order valence-corrected chi connectivity index (χ0v) is 12.8. The first-order valence-corrected chi connectivity index (χ1v) is 6.97. The van der Waals surface area contributed by atoms with Crippen LogP contribution in [0.2, 0.25) is 5.02 Å². The summed E-state index contributed by atoms with van der Waals surface area (Å²) in [5, 5.41) is 22.5. The molecule has 0 bridgehead atoms. The number of nitrogens with zero attached hydrogens (tertiary/aromatic N) is 1. The third-order valence-corrected chi connectivity index (χ3v) is 3.46. The van der Waals surface area contributed by atoms with Crippen LogP contribution >= 0.6 is 11.6 Å². The second-order valence-electron chi connectivity index (χ2n) is 5.60. The van der Waals surface area contributed by atoms with E-state index in [1.54, 1.807) is 0 Å². The molecule has 0 radical (unpaired) electrons. The molecular weight excluding hydrogens is 296 g/mol. The molecule has 0 unspecified atom stereocenters. The van der Waals surface area contributed by atoms with E-state index in [2.05, 4.69) is 5.32 Å². The van der Waals surface area contributed by atoms with Crippen molar-refractivity contribution in [2.24, 2.45) is 5.41 Å². The van der Waals surface area contributed by atoms with E-state index >= 15 is 0 Å². The number of nitro benzene ring substituents is 1. The van der Waals surface area contributed by atoms with Gasteiger partial charge in [-0.15, -0.1) is 0 Å². The van der Waals surface area contributed by atoms with Gasteiger partial charge in [0.25, 0.3) is 11.6 Å². The Labute approximate surface area is 128 Å². The lowest BCUT2D eigenvalue weighted by molar-refractivity contribution is -0.384. The second kappa shape index (κ2) is 7.38. The fraction of sp³-hybridized carbons (Fsp3) is 0.500. The highest BCUT2D eigenvalue weighted by atomic mass is 35.5. The molecule has 1 rings (SSSR count). The Morgan fingerprint density at radius 1 is 1.48 bits per heavy atom. The van der Waals surface area contributed by atoms with E-state index < -0.39 is 4.92 Å². The second-order valence-corrected chi connectivity index (χ2v) is 6.01. The maximum Gasteiger partial charge on any atom is 0.270 e. The highest BCUT2D eigenvalue weighted by Crippen LogP contribution is 2.23. The molecule has 1 amide bonds. The maximum atomic E-state index is 11.9. The van der Waals surface area contributed by atoms with Gasteiger partial charge in [-0.25, -0.2) is 0 Å². The lowest BCUT2D eigenvalue weighted by atomic mass is 9.89. The van der Waals surface area contributed by atoms with Gasteiger partial charge in [0, 0.05) is 25.3 Å². The first-order valence-electron chi connectivity index (χ1n) is 6.60. The fourth-order valence-electron chi connectivity index (χ4n) is 1.74. The van der Waals surface area contributed by atoms with E-state index in [4.69, 9.17) is 16.7 Å². The summed E-state index contributed by atoms with van der Waals surface area (Å²) in [6, 6.07) is 3.74. The molecule has 21 heavy (non-hydrogen) atoms. The van der Waals surface area contributed by atoms with Crippen LogP contribution in [0.1, 0.15) is 37.0 Å². The number of amides is 1. The Hall–Kier alpha value is -1.66. The van der Waals surface area contributed by atoms with Crippen molar-refractivity contribution in [3.05, 3.63) is 38.9 Å². The van der Waals surface area contributed by atoms with Crippen molar-refractivity contribution in [3.8, 4) is 0 Å². The quantitative estimate of drug-likeness (QED) is 0.460.